The van der Waals surface area contributed by atoms with Crippen LogP contribution >= 0.6 is 11.3 Å². The van der Waals surface area contributed by atoms with Crippen LogP contribution in [-0.2, 0) is 14.3 Å². The molecule has 29 heavy (non-hydrogen) atoms. The normalized spacial score (nSPS) is 25.0. The lowest BCUT2D eigenvalue weighted by Crippen LogP contribution is -2.44. The number of carboxylic acids is 1. The molecule has 6 nitrogen and oxygen atoms in total. The number of aliphatic carboxylic acids is 1. The molecule has 0 aliphatic heterocycles. The molecule has 0 unspecified atom stereocenters. The maximum absolute atomic E-state index is 13.0. The van der Waals surface area contributed by atoms with Gasteiger partial charge in [-0.2, -0.15) is 0 Å². The molecule has 2 aromatic rings. The fraction of sp³-hybridized carbons (Fsp3) is 0.409. The van der Waals surface area contributed by atoms with Crippen LogP contribution in [0.4, 0.5) is 5.00 Å². The van der Waals surface area contributed by atoms with Crippen molar-refractivity contribution < 1.29 is 24.2 Å². The Labute approximate surface area is 172 Å². The first-order valence-corrected chi connectivity index (χ1v) is 10.6. The highest BCUT2D eigenvalue weighted by atomic mass is 32.1. The largest absolute Gasteiger partial charge is 0.550 e. The summed E-state index contributed by atoms with van der Waals surface area (Å²) in [5.41, 5.74) is 2.89. The number of ether oxygens (including phenoxy) is 1. The Morgan fingerprint density at radius 2 is 1.90 bits per heavy atom. The van der Waals surface area contributed by atoms with Crippen molar-refractivity contribution >= 4 is 34.2 Å². The molecular weight excluding hydrogens is 390 g/mol. The van der Waals surface area contributed by atoms with Crippen LogP contribution in [0.25, 0.3) is 11.1 Å². The number of fused-ring (bicyclic) bond motifs is 2. The van der Waals surface area contributed by atoms with Crippen molar-refractivity contribution in [3.63, 3.8) is 0 Å². The molecule has 7 heteroatoms. The van der Waals surface area contributed by atoms with Crippen LogP contribution in [0.15, 0.2) is 29.6 Å². The van der Waals surface area contributed by atoms with E-state index in [-0.39, 0.29) is 17.7 Å². The molecule has 2 aliphatic rings. The Hall–Kier alpha value is -2.67. The van der Waals surface area contributed by atoms with Gasteiger partial charge in [-0.15, -0.1) is 11.3 Å². The summed E-state index contributed by atoms with van der Waals surface area (Å²) >= 11 is 1.24. The van der Waals surface area contributed by atoms with E-state index in [0.29, 0.717) is 16.1 Å². The number of rotatable bonds is 5. The standard InChI is InChI=1S/C22H23NO5S/c1-11-4-3-5-12(8-11)15-10-29-20(18(15)22(27)28-2)23-19(24)16-13-6-7-14(9-13)17(16)21(25)26/h3-5,8,10,13-14,16-17H,6-7,9H2,1-2H3,(H,23,24)(H,25,26)/p-1/t13-,14-,16+,17+/m1/s1. The maximum atomic E-state index is 13.0. The lowest BCUT2D eigenvalue weighted by molar-refractivity contribution is -0.314. The summed E-state index contributed by atoms with van der Waals surface area (Å²) in [6.45, 7) is 1.96. The predicted molar refractivity (Wildman–Crippen MR) is 107 cm³/mol. The molecular formula is C22H22NO5S-. The number of thiophene rings is 1. The molecule has 2 bridgehead atoms. The number of amides is 1. The van der Waals surface area contributed by atoms with Gasteiger partial charge >= 0.3 is 5.97 Å². The van der Waals surface area contributed by atoms with E-state index < -0.39 is 23.8 Å². The number of methoxy groups -OCH3 is 1. The summed E-state index contributed by atoms with van der Waals surface area (Å²) in [5.74, 6) is -3.36. The molecule has 0 saturated heterocycles. The third kappa shape index (κ3) is 3.44. The second kappa shape index (κ2) is 7.63. The zero-order valence-electron chi connectivity index (χ0n) is 16.3. The van der Waals surface area contributed by atoms with Gasteiger partial charge in [0.15, 0.2) is 0 Å². The van der Waals surface area contributed by atoms with Crippen molar-refractivity contribution in [2.24, 2.45) is 23.7 Å². The highest BCUT2D eigenvalue weighted by molar-refractivity contribution is 7.15. The van der Waals surface area contributed by atoms with Crippen molar-refractivity contribution in [2.75, 3.05) is 12.4 Å². The van der Waals surface area contributed by atoms with E-state index in [9.17, 15) is 19.5 Å². The van der Waals surface area contributed by atoms with Gasteiger partial charge in [0, 0.05) is 28.7 Å². The van der Waals surface area contributed by atoms with Gasteiger partial charge in [0.25, 0.3) is 0 Å². The Bertz CT molecular complexity index is 981. The third-order valence-corrected chi connectivity index (χ3v) is 7.13. The molecule has 4 atom stereocenters. The third-order valence-electron chi connectivity index (χ3n) is 6.24. The summed E-state index contributed by atoms with van der Waals surface area (Å²) < 4.78 is 4.96. The summed E-state index contributed by atoms with van der Waals surface area (Å²) in [7, 11) is 1.30. The quantitative estimate of drug-likeness (QED) is 0.762. The smallest absolute Gasteiger partial charge is 0.341 e. The number of carbonyl (C=O) groups is 3. The summed E-state index contributed by atoms with van der Waals surface area (Å²) in [6.07, 6.45) is 2.44. The van der Waals surface area contributed by atoms with Crippen molar-refractivity contribution in [3.05, 3.63) is 40.8 Å². The minimum absolute atomic E-state index is 0.00650. The van der Waals surface area contributed by atoms with Crippen LogP contribution in [0.1, 0.15) is 35.2 Å². The van der Waals surface area contributed by atoms with Crippen LogP contribution in [-0.4, -0.2) is 25.0 Å². The van der Waals surface area contributed by atoms with E-state index in [1.54, 1.807) is 0 Å². The lowest BCUT2D eigenvalue weighted by atomic mass is 9.78. The van der Waals surface area contributed by atoms with E-state index in [0.717, 1.165) is 30.4 Å². The summed E-state index contributed by atoms with van der Waals surface area (Å²) in [5, 5.41) is 16.7. The molecule has 0 spiro atoms. The van der Waals surface area contributed by atoms with E-state index >= 15 is 0 Å². The molecule has 1 N–H and O–H groups in total. The fourth-order valence-electron chi connectivity index (χ4n) is 4.98. The maximum Gasteiger partial charge on any atom is 0.341 e. The van der Waals surface area contributed by atoms with Crippen LogP contribution in [0.2, 0.25) is 0 Å². The first-order chi connectivity index (χ1) is 13.9. The van der Waals surface area contributed by atoms with Crippen LogP contribution in [0.5, 0.6) is 0 Å². The Morgan fingerprint density at radius 3 is 2.55 bits per heavy atom. The number of esters is 1. The Kier molecular flexibility index (Phi) is 5.17. The molecule has 2 aliphatic carbocycles. The van der Waals surface area contributed by atoms with Crippen molar-refractivity contribution in [2.45, 2.75) is 26.2 Å². The zero-order valence-corrected chi connectivity index (χ0v) is 17.1. The molecule has 4 rings (SSSR count). The molecule has 2 fully saturated rings. The van der Waals surface area contributed by atoms with E-state index in [2.05, 4.69) is 5.32 Å². The fourth-order valence-corrected chi connectivity index (χ4v) is 5.94. The minimum Gasteiger partial charge on any atom is -0.550 e. The van der Waals surface area contributed by atoms with E-state index in [1.165, 1.54) is 18.4 Å². The van der Waals surface area contributed by atoms with Gasteiger partial charge in [0.05, 0.1) is 7.11 Å². The van der Waals surface area contributed by atoms with Gasteiger partial charge in [0.2, 0.25) is 5.91 Å². The molecule has 152 valence electrons. The van der Waals surface area contributed by atoms with Gasteiger partial charge in [-0.25, -0.2) is 4.79 Å². The number of aryl methyl sites for hydroxylation is 1. The highest BCUT2D eigenvalue weighted by Gasteiger charge is 2.51. The lowest BCUT2D eigenvalue weighted by Gasteiger charge is -2.30. The number of hydrogen-bond acceptors (Lipinski definition) is 6. The van der Waals surface area contributed by atoms with Crippen molar-refractivity contribution in [3.8, 4) is 11.1 Å². The first kappa shape index (κ1) is 19.6. The van der Waals surface area contributed by atoms with Gasteiger partial charge in [-0.1, -0.05) is 29.8 Å². The summed E-state index contributed by atoms with van der Waals surface area (Å²) in [4.78, 5) is 37.2. The number of carboxylic acid groups (broad SMARTS) is 1. The molecule has 1 heterocycles. The molecule has 1 amide bonds. The molecule has 1 aromatic carbocycles. The van der Waals surface area contributed by atoms with Crippen molar-refractivity contribution in [1.29, 1.82) is 0 Å². The molecule has 1 aromatic heterocycles. The second-order valence-corrected chi connectivity index (χ2v) is 8.79. The average molecular weight is 412 g/mol. The number of benzene rings is 1. The van der Waals surface area contributed by atoms with E-state index in [1.807, 2.05) is 36.6 Å². The van der Waals surface area contributed by atoms with Crippen molar-refractivity contribution in [1.82, 2.24) is 0 Å². The van der Waals surface area contributed by atoms with Gasteiger partial charge in [-0.3, -0.25) is 4.79 Å². The minimum atomic E-state index is -1.16. The average Bonchev–Trinajstić information content (AvgIpc) is 3.41. The Morgan fingerprint density at radius 1 is 1.17 bits per heavy atom. The monoisotopic (exact) mass is 412 g/mol. The van der Waals surface area contributed by atoms with Crippen LogP contribution in [0.3, 0.4) is 0 Å². The molecule has 2 saturated carbocycles. The van der Waals surface area contributed by atoms with Crippen LogP contribution in [0, 0.1) is 30.6 Å². The topological polar surface area (TPSA) is 95.5 Å². The number of carbonyl (C=O) groups excluding carboxylic acids is 3. The number of nitrogens with one attached hydrogen (secondary N) is 1. The summed E-state index contributed by atoms with van der Waals surface area (Å²) in [6, 6.07) is 7.73. The number of hydrogen-bond donors (Lipinski definition) is 1. The Balaban J connectivity index is 1.66. The van der Waals surface area contributed by atoms with Gasteiger partial charge in [0.1, 0.15) is 10.6 Å². The first-order valence-electron chi connectivity index (χ1n) is 9.69. The van der Waals surface area contributed by atoms with Crippen LogP contribution < -0.4 is 10.4 Å². The number of anilines is 1. The van der Waals surface area contributed by atoms with Gasteiger partial charge in [-0.05, 0) is 43.6 Å². The predicted octanol–water partition coefficient (Wildman–Crippen LogP) is 2.86. The molecule has 0 radical (unpaired) electrons. The van der Waals surface area contributed by atoms with Gasteiger partial charge < -0.3 is 20.0 Å². The van der Waals surface area contributed by atoms with E-state index in [4.69, 9.17) is 4.74 Å². The zero-order chi connectivity index (χ0) is 20.7. The second-order valence-electron chi connectivity index (χ2n) is 7.91. The highest BCUT2D eigenvalue weighted by Crippen LogP contribution is 2.52. The SMILES string of the molecule is COC(=O)c1c(-c2cccc(C)c2)csc1NC(=O)[C@H]1[C@@H]2CC[C@H](C2)[C@@H]1C(=O)[O-].